The fraction of sp³-hybridized carbons (Fsp3) is 0.600. The average molecular weight is 253 g/mol. The van der Waals surface area contributed by atoms with E-state index < -0.39 is 0 Å². The maximum Gasteiger partial charge on any atom is 0.119 e. The van der Waals surface area contributed by atoms with E-state index in [0.29, 0.717) is 5.92 Å². The Morgan fingerprint density at radius 3 is 2.24 bits per heavy atom. The molecular weight excluding hydrogens is 232 g/mol. The Balaban J connectivity index is 2.01. The largest absolute Gasteiger partial charge is 0.490 e. The van der Waals surface area contributed by atoms with Crippen molar-refractivity contribution in [2.24, 2.45) is 5.41 Å². The Kier molecular flexibility index (Phi) is 3.40. The van der Waals surface area contributed by atoms with Gasteiger partial charge in [0.15, 0.2) is 0 Å². The molecule has 0 amide bonds. The van der Waals surface area contributed by atoms with Gasteiger partial charge in [0.25, 0.3) is 0 Å². The fourth-order valence-electron chi connectivity index (χ4n) is 2.13. The topological polar surface area (TPSA) is 9.23 Å². The lowest BCUT2D eigenvalue weighted by atomic mass is 9.68. The summed E-state index contributed by atoms with van der Waals surface area (Å²) in [6, 6.07) is 8.41. The number of hydrogen-bond acceptors (Lipinski definition) is 1. The van der Waals surface area contributed by atoms with E-state index in [-0.39, 0.29) is 16.9 Å². The van der Waals surface area contributed by atoms with Crippen LogP contribution in [0.3, 0.4) is 0 Å². The molecule has 1 nitrogen and oxygen atoms in total. The Morgan fingerprint density at radius 1 is 1.24 bits per heavy atom. The van der Waals surface area contributed by atoms with E-state index in [2.05, 4.69) is 52.0 Å². The van der Waals surface area contributed by atoms with Gasteiger partial charge in [-0.05, 0) is 23.6 Å². The van der Waals surface area contributed by atoms with Gasteiger partial charge >= 0.3 is 0 Å². The fourth-order valence-corrected chi connectivity index (χ4v) is 2.43. The first-order chi connectivity index (χ1) is 7.91. The molecule has 2 rings (SSSR count). The lowest BCUT2D eigenvalue weighted by Gasteiger charge is -2.48. The van der Waals surface area contributed by atoms with E-state index in [4.69, 9.17) is 16.3 Å². The van der Waals surface area contributed by atoms with Gasteiger partial charge in [0.05, 0.1) is 0 Å². The first-order valence-electron chi connectivity index (χ1n) is 6.32. The summed E-state index contributed by atoms with van der Waals surface area (Å²) >= 11 is 6.19. The molecule has 0 spiro atoms. The lowest BCUT2D eigenvalue weighted by Crippen LogP contribution is -2.53. The first kappa shape index (κ1) is 12.8. The second-order valence-corrected chi connectivity index (χ2v) is 6.38. The van der Waals surface area contributed by atoms with E-state index in [1.807, 2.05) is 0 Å². The highest BCUT2D eigenvalue weighted by Gasteiger charge is 2.49. The molecule has 2 atom stereocenters. The van der Waals surface area contributed by atoms with Crippen LogP contribution in [0.5, 0.6) is 5.75 Å². The second-order valence-electron chi connectivity index (χ2n) is 5.85. The molecule has 0 radical (unpaired) electrons. The molecule has 17 heavy (non-hydrogen) atoms. The number of hydrogen-bond donors (Lipinski definition) is 0. The predicted octanol–water partition coefficient (Wildman–Crippen LogP) is 4.59. The maximum atomic E-state index is 6.19. The molecule has 94 valence electrons. The van der Waals surface area contributed by atoms with Gasteiger partial charge in [0, 0.05) is 17.2 Å². The normalized spacial score (nSPS) is 26.7. The average Bonchev–Trinajstić information content (AvgIpc) is 2.29. The van der Waals surface area contributed by atoms with Crippen molar-refractivity contribution in [2.45, 2.75) is 51.5 Å². The summed E-state index contributed by atoms with van der Waals surface area (Å²) in [5, 5.41) is 0.238. The van der Waals surface area contributed by atoms with Crippen molar-refractivity contribution >= 4 is 11.6 Å². The van der Waals surface area contributed by atoms with Crippen LogP contribution >= 0.6 is 11.6 Å². The SMILES string of the molecule is CC(C)c1ccc(OC2CC(Cl)C2(C)C)cc1. The van der Waals surface area contributed by atoms with Gasteiger partial charge in [0.2, 0.25) is 0 Å². The highest BCUT2D eigenvalue weighted by atomic mass is 35.5. The molecule has 2 unspecified atom stereocenters. The summed E-state index contributed by atoms with van der Waals surface area (Å²) in [4.78, 5) is 0. The van der Waals surface area contributed by atoms with Crippen molar-refractivity contribution < 1.29 is 4.74 Å². The highest BCUT2D eigenvalue weighted by Crippen LogP contribution is 2.46. The van der Waals surface area contributed by atoms with Crippen LogP contribution in [0, 0.1) is 5.41 Å². The number of alkyl halides is 1. The van der Waals surface area contributed by atoms with Gasteiger partial charge in [0.1, 0.15) is 11.9 Å². The molecule has 1 aliphatic carbocycles. The summed E-state index contributed by atoms with van der Waals surface area (Å²) in [5.41, 5.74) is 1.43. The van der Waals surface area contributed by atoms with Crippen LogP contribution in [0.25, 0.3) is 0 Å². The van der Waals surface area contributed by atoms with Gasteiger partial charge in [-0.2, -0.15) is 0 Å². The molecular formula is C15H21ClO. The predicted molar refractivity (Wildman–Crippen MR) is 73.0 cm³/mol. The van der Waals surface area contributed by atoms with Gasteiger partial charge < -0.3 is 4.74 Å². The highest BCUT2D eigenvalue weighted by molar-refractivity contribution is 6.21. The molecule has 1 saturated carbocycles. The molecule has 2 heteroatoms. The molecule has 1 aliphatic rings. The zero-order valence-corrected chi connectivity index (χ0v) is 11.8. The van der Waals surface area contributed by atoms with Gasteiger partial charge in [-0.3, -0.25) is 0 Å². The van der Waals surface area contributed by atoms with Crippen molar-refractivity contribution in [1.82, 2.24) is 0 Å². The summed E-state index contributed by atoms with van der Waals surface area (Å²) in [6.07, 6.45) is 1.19. The van der Waals surface area contributed by atoms with E-state index in [9.17, 15) is 0 Å². The van der Waals surface area contributed by atoms with E-state index in [0.717, 1.165) is 12.2 Å². The number of rotatable bonds is 3. The van der Waals surface area contributed by atoms with Crippen molar-refractivity contribution in [2.75, 3.05) is 0 Å². The molecule has 0 aliphatic heterocycles. The molecule has 0 bridgehead atoms. The van der Waals surface area contributed by atoms with Gasteiger partial charge in [-0.25, -0.2) is 0 Å². The van der Waals surface area contributed by atoms with Gasteiger partial charge in [-0.1, -0.05) is 39.8 Å². The standard InChI is InChI=1S/C15H21ClO/c1-10(2)11-5-7-12(8-6-11)17-14-9-13(16)15(14,3)4/h5-8,10,13-14H,9H2,1-4H3. The zero-order chi connectivity index (χ0) is 12.6. The van der Waals surface area contributed by atoms with Crippen LogP contribution in [-0.4, -0.2) is 11.5 Å². The third-order valence-electron chi connectivity index (χ3n) is 3.88. The van der Waals surface area contributed by atoms with Crippen molar-refractivity contribution in [3.8, 4) is 5.75 Å². The minimum Gasteiger partial charge on any atom is -0.490 e. The first-order valence-corrected chi connectivity index (χ1v) is 6.75. The molecule has 1 fully saturated rings. The van der Waals surface area contributed by atoms with Gasteiger partial charge in [-0.15, -0.1) is 11.6 Å². The second kappa shape index (κ2) is 4.53. The quantitative estimate of drug-likeness (QED) is 0.715. The van der Waals surface area contributed by atoms with Crippen LogP contribution in [0.15, 0.2) is 24.3 Å². The Bertz CT molecular complexity index is 380. The molecule has 0 N–H and O–H groups in total. The lowest BCUT2D eigenvalue weighted by molar-refractivity contribution is -0.0130. The summed E-state index contributed by atoms with van der Waals surface area (Å²) in [5.74, 6) is 1.52. The Labute approximate surface area is 109 Å². The van der Waals surface area contributed by atoms with Crippen molar-refractivity contribution in [1.29, 1.82) is 0 Å². The minimum absolute atomic E-state index is 0.0816. The monoisotopic (exact) mass is 252 g/mol. The molecule has 1 aromatic rings. The third-order valence-corrected chi connectivity index (χ3v) is 4.62. The molecule has 1 aromatic carbocycles. The van der Waals surface area contributed by atoms with Crippen LogP contribution in [0.1, 0.15) is 45.6 Å². The minimum atomic E-state index is 0.0816. The van der Waals surface area contributed by atoms with Crippen LogP contribution in [0.2, 0.25) is 0 Å². The van der Waals surface area contributed by atoms with Crippen LogP contribution in [0.4, 0.5) is 0 Å². The zero-order valence-electron chi connectivity index (χ0n) is 11.0. The molecule has 0 aromatic heterocycles. The van der Waals surface area contributed by atoms with E-state index in [1.165, 1.54) is 5.56 Å². The number of ether oxygens (including phenoxy) is 1. The maximum absolute atomic E-state index is 6.19. The molecule has 0 saturated heterocycles. The van der Waals surface area contributed by atoms with E-state index >= 15 is 0 Å². The van der Waals surface area contributed by atoms with E-state index in [1.54, 1.807) is 0 Å². The van der Waals surface area contributed by atoms with Crippen LogP contribution < -0.4 is 4.74 Å². The summed E-state index contributed by atoms with van der Waals surface area (Å²) in [7, 11) is 0. The van der Waals surface area contributed by atoms with Crippen LogP contribution in [-0.2, 0) is 0 Å². The Morgan fingerprint density at radius 2 is 1.82 bits per heavy atom. The number of benzene rings is 1. The Hall–Kier alpha value is -0.690. The van der Waals surface area contributed by atoms with Crippen molar-refractivity contribution in [3.63, 3.8) is 0 Å². The third kappa shape index (κ3) is 2.44. The summed E-state index contributed by atoms with van der Waals surface area (Å²) in [6.45, 7) is 8.73. The number of halogens is 1. The van der Waals surface area contributed by atoms with Crippen molar-refractivity contribution in [3.05, 3.63) is 29.8 Å². The smallest absolute Gasteiger partial charge is 0.119 e. The summed E-state index contributed by atoms with van der Waals surface area (Å²) < 4.78 is 5.99. The molecule has 0 heterocycles.